The van der Waals surface area contributed by atoms with Gasteiger partial charge in [-0.25, -0.2) is 4.98 Å². The normalized spacial score (nSPS) is 18.8. The summed E-state index contributed by atoms with van der Waals surface area (Å²) >= 11 is 0. The highest BCUT2D eigenvalue weighted by molar-refractivity contribution is 5.85. The van der Waals surface area contributed by atoms with Crippen LogP contribution in [0, 0.1) is 6.92 Å². The minimum Gasteiger partial charge on any atom is -0.474 e. The van der Waals surface area contributed by atoms with E-state index in [1.807, 2.05) is 0 Å². The van der Waals surface area contributed by atoms with Crippen LogP contribution in [0.15, 0.2) is 18.2 Å². The molecule has 0 fully saturated rings. The van der Waals surface area contributed by atoms with Crippen molar-refractivity contribution >= 4 is 10.9 Å². The summed E-state index contributed by atoms with van der Waals surface area (Å²) in [6, 6.07) is 6.62. The second-order valence-electron chi connectivity index (χ2n) is 6.97. The largest absolute Gasteiger partial charge is 0.474 e. The predicted molar refractivity (Wildman–Crippen MR) is 83.6 cm³/mol. The lowest BCUT2D eigenvalue weighted by molar-refractivity contribution is 0.184. The number of hydrogen-bond acceptors (Lipinski definition) is 2. The molecule has 1 aliphatic heterocycles. The molecule has 0 spiro atoms. The molecular formula is C18H23NO. The highest BCUT2D eigenvalue weighted by atomic mass is 16.5. The van der Waals surface area contributed by atoms with E-state index in [-0.39, 0.29) is 11.5 Å². The van der Waals surface area contributed by atoms with E-state index in [1.54, 1.807) is 0 Å². The van der Waals surface area contributed by atoms with E-state index in [0.29, 0.717) is 0 Å². The Morgan fingerprint density at radius 3 is 2.70 bits per heavy atom. The Bertz CT molecular complexity index is 667. The van der Waals surface area contributed by atoms with E-state index in [0.717, 1.165) is 24.2 Å². The monoisotopic (exact) mass is 269 g/mol. The second kappa shape index (κ2) is 4.47. The van der Waals surface area contributed by atoms with E-state index in [1.165, 1.54) is 22.1 Å². The van der Waals surface area contributed by atoms with Crippen molar-refractivity contribution in [2.24, 2.45) is 0 Å². The Labute approximate surface area is 121 Å². The predicted octanol–water partition coefficient (Wildman–Crippen LogP) is 4.55. The van der Waals surface area contributed by atoms with Crippen molar-refractivity contribution < 1.29 is 4.74 Å². The molecule has 2 nitrogen and oxygen atoms in total. The molecule has 106 valence electrons. The van der Waals surface area contributed by atoms with Gasteiger partial charge in [-0.1, -0.05) is 26.8 Å². The topological polar surface area (TPSA) is 22.1 Å². The number of fused-ring (bicyclic) bond motifs is 2. The van der Waals surface area contributed by atoms with E-state index < -0.39 is 0 Å². The number of aryl methyl sites for hydroxylation is 1. The first-order valence-corrected chi connectivity index (χ1v) is 7.46. The summed E-state index contributed by atoms with van der Waals surface area (Å²) in [6.07, 6.45) is 2.44. The van der Waals surface area contributed by atoms with Gasteiger partial charge in [-0.15, -0.1) is 0 Å². The highest BCUT2D eigenvalue weighted by Gasteiger charge is 2.22. The van der Waals surface area contributed by atoms with Crippen molar-refractivity contribution in [2.45, 2.75) is 59.0 Å². The van der Waals surface area contributed by atoms with E-state index >= 15 is 0 Å². The van der Waals surface area contributed by atoms with Gasteiger partial charge in [0, 0.05) is 10.9 Å². The lowest BCUT2D eigenvalue weighted by Crippen LogP contribution is -2.20. The fourth-order valence-electron chi connectivity index (χ4n) is 2.89. The Hall–Kier alpha value is -1.57. The van der Waals surface area contributed by atoms with Gasteiger partial charge in [0.1, 0.15) is 0 Å². The van der Waals surface area contributed by atoms with Gasteiger partial charge in [0.05, 0.1) is 11.6 Å². The van der Waals surface area contributed by atoms with Gasteiger partial charge >= 0.3 is 0 Å². The van der Waals surface area contributed by atoms with Crippen LogP contribution in [0.4, 0.5) is 0 Å². The minimum atomic E-state index is 0.168. The van der Waals surface area contributed by atoms with Crippen molar-refractivity contribution in [2.75, 3.05) is 0 Å². The third-order valence-electron chi connectivity index (χ3n) is 4.31. The van der Waals surface area contributed by atoms with Crippen LogP contribution in [-0.4, -0.2) is 11.1 Å². The third-order valence-corrected chi connectivity index (χ3v) is 4.31. The van der Waals surface area contributed by atoms with Crippen molar-refractivity contribution in [1.29, 1.82) is 0 Å². The zero-order chi connectivity index (χ0) is 14.5. The first-order chi connectivity index (χ1) is 9.36. The van der Waals surface area contributed by atoms with Crippen molar-refractivity contribution in [3.8, 4) is 5.88 Å². The minimum absolute atomic E-state index is 0.168. The van der Waals surface area contributed by atoms with Crippen molar-refractivity contribution in [3.63, 3.8) is 0 Å². The molecule has 0 amide bonds. The zero-order valence-corrected chi connectivity index (χ0v) is 13.1. The standard InChI is InChI=1S/C18H23NO/c1-11-6-8-14-12(2)15-10-13(18(3,4)5)7-9-16(15)19-17(14)20-11/h7,9-11H,6,8H2,1-5H3/t11-/m0/s1. The molecule has 0 radical (unpaired) electrons. The number of nitrogens with zero attached hydrogens (tertiary/aromatic N) is 1. The molecule has 0 saturated carbocycles. The molecule has 0 unspecified atom stereocenters. The van der Waals surface area contributed by atoms with Gasteiger partial charge in [0.15, 0.2) is 0 Å². The summed E-state index contributed by atoms with van der Waals surface area (Å²) in [7, 11) is 0. The average Bonchev–Trinajstić information content (AvgIpc) is 2.37. The Balaban J connectivity index is 2.22. The molecule has 2 aromatic rings. The molecule has 3 rings (SSSR count). The van der Waals surface area contributed by atoms with Crippen LogP contribution in [0.3, 0.4) is 0 Å². The van der Waals surface area contributed by atoms with E-state index in [9.17, 15) is 0 Å². The fourth-order valence-corrected chi connectivity index (χ4v) is 2.89. The molecular weight excluding hydrogens is 246 g/mol. The maximum Gasteiger partial charge on any atom is 0.217 e. The molecule has 2 heteroatoms. The number of rotatable bonds is 0. The van der Waals surface area contributed by atoms with Crippen LogP contribution < -0.4 is 4.74 Å². The summed E-state index contributed by atoms with van der Waals surface area (Å²) < 4.78 is 5.91. The number of pyridine rings is 1. The summed E-state index contributed by atoms with van der Waals surface area (Å²) in [5.41, 5.74) is 5.20. The SMILES string of the molecule is Cc1c2c(nc3ccc(C(C)(C)C)cc13)O[C@@H](C)CC2. The van der Waals surface area contributed by atoms with Crippen LogP contribution in [0.2, 0.25) is 0 Å². The lowest BCUT2D eigenvalue weighted by atomic mass is 9.85. The quantitative estimate of drug-likeness (QED) is 0.699. The molecule has 1 aliphatic rings. The molecule has 2 heterocycles. The molecule has 20 heavy (non-hydrogen) atoms. The fraction of sp³-hybridized carbons (Fsp3) is 0.500. The zero-order valence-electron chi connectivity index (χ0n) is 13.1. The maximum absolute atomic E-state index is 5.91. The van der Waals surface area contributed by atoms with Crippen LogP contribution in [0.1, 0.15) is 50.8 Å². The summed E-state index contributed by atoms with van der Waals surface area (Å²) in [4.78, 5) is 4.73. The van der Waals surface area contributed by atoms with Crippen molar-refractivity contribution in [3.05, 3.63) is 34.9 Å². The lowest BCUT2D eigenvalue weighted by Gasteiger charge is -2.25. The van der Waals surface area contributed by atoms with Gasteiger partial charge in [-0.2, -0.15) is 0 Å². The van der Waals surface area contributed by atoms with Gasteiger partial charge in [0.25, 0.3) is 0 Å². The Morgan fingerprint density at radius 2 is 2.00 bits per heavy atom. The number of ether oxygens (including phenoxy) is 1. The molecule has 0 bridgehead atoms. The molecule has 0 N–H and O–H groups in total. The molecule has 1 aromatic heterocycles. The van der Waals surface area contributed by atoms with E-state index in [4.69, 9.17) is 9.72 Å². The van der Waals surface area contributed by atoms with Gasteiger partial charge < -0.3 is 4.74 Å². The van der Waals surface area contributed by atoms with Crippen LogP contribution >= 0.6 is 0 Å². The molecule has 0 saturated heterocycles. The van der Waals surface area contributed by atoms with Gasteiger partial charge in [-0.05, 0) is 55.4 Å². The Kier molecular flexibility index (Phi) is 3.00. The second-order valence-corrected chi connectivity index (χ2v) is 6.97. The molecule has 1 aromatic carbocycles. The number of benzene rings is 1. The highest BCUT2D eigenvalue weighted by Crippen LogP contribution is 2.34. The Morgan fingerprint density at radius 1 is 1.25 bits per heavy atom. The summed E-state index contributed by atoms with van der Waals surface area (Å²) in [5.74, 6) is 0.845. The van der Waals surface area contributed by atoms with Crippen LogP contribution in [-0.2, 0) is 11.8 Å². The molecule has 0 aliphatic carbocycles. The maximum atomic E-state index is 5.91. The van der Waals surface area contributed by atoms with Crippen LogP contribution in [0.5, 0.6) is 5.88 Å². The third kappa shape index (κ3) is 2.17. The first-order valence-electron chi connectivity index (χ1n) is 7.46. The van der Waals surface area contributed by atoms with E-state index in [2.05, 4.69) is 52.8 Å². The summed E-state index contributed by atoms with van der Waals surface area (Å²) in [6.45, 7) is 11.1. The van der Waals surface area contributed by atoms with Gasteiger partial charge in [-0.3, -0.25) is 0 Å². The smallest absolute Gasteiger partial charge is 0.217 e. The average molecular weight is 269 g/mol. The first kappa shape index (κ1) is 13.4. The van der Waals surface area contributed by atoms with Crippen LogP contribution in [0.25, 0.3) is 10.9 Å². The van der Waals surface area contributed by atoms with Crippen molar-refractivity contribution in [1.82, 2.24) is 4.98 Å². The van der Waals surface area contributed by atoms with Gasteiger partial charge in [0.2, 0.25) is 5.88 Å². The number of aromatic nitrogens is 1. The number of hydrogen-bond donors (Lipinski definition) is 0. The summed E-state index contributed by atoms with van der Waals surface area (Å²) in [5, 5.41) is 1.27. The molecule has 1 atom stereocenters.